The third-order valence-corrected chi connectivity index (χ3v) is 6.49. The molecule has 0 fully saturated rings. The van der Waals surface area contributed by atoms with Gasteiger partial charge in [-0.1, -0.05) is 46.8 Å². The molecule has 0 saturated carbocycles. The first-order valence-electron chi connectivity index (χ1n) is 12.3. The number of esters is 1. The van der Waals surface area contributed by atoms with E-state index >= 15 is 0 Å². The Morgan fingerprint density at radius 2 is 1.78 bits per heavy atom. The molecule has 0 radical (unpaired) electrons. The lowest BCUT2D eigenvalue weighted by molar-refractivity contribution is -0.150. The summed E-state index contributed by atoms with van der Waals surface area (Å²) in [4.78, 5) is 43.5. The fraction of sp³-hybridized carbons (Fsp3) is 0.483. The normalized spacial score (nSPS) is 17.1. The van der Waals surface area contributed by atoms with E-state index in [-0.39, 0.29) is 36.2 Å². The molecule has 36 heavy (non-hydrogen) atoms. The Kier molecular flexibility index (Phi) is 7.53. The largest absolute Gasteiger partial charge is 0.496 e. The van der Waals surface area contributed by atoms with E-state index in [1.807, 2.05) is 19.9 Å². The molecule has 2 aromatic carbocycles. The topological polar surface area (TPSA) is 76.2 Å². The number of ether oxygens (including phenoxy) is 2. The zero-order valence-electron chi connectivity index (χ0n) is 22.9. The number of carbonyl (C=O) groups excluding carboxylic acids is 3. The second-order valence-corrected chi connectivity index (χ2v) is 11.3. The van der Waals surface area contributed by atoms with E-state index in [0.717, 1.165) is 5.56 Å². The highest BCUT2D eigenvalue weighted by Crippen LogP contribution is 2.43. The van der Waals surface area contributed by atoms with Gasteiger partial charge in [-0.05, 0) is 53.6 Å². The molecular formula is C29H38N2O5. The molecule has 2 amide bonds. The van der Waals surface area contributed by atoms with Crippen LogP contribution in [0, 0.1) is 5.92 Å². The number of fused-ring (bicyclic) bond motifs is 1. The maximum atomic E-state index is 14.1. The number of nitrogens with zero attached hydrogens (tertiary/aromatic N) is 2. The fourth-order valence-electron chi connectivity index (χ4n) is 4.57. The molecule has 1 heterocycles. The molecule has 1 aliphatic rings. The lowest BCUT2D eigenvalue weighted by atomic mass is 9.85. The maximum Gasteiger partial charge on any atom is 0.332 e. The number of amides is 2. The highest BCUT2D eigenvalue weighted by molar-refractivity contribution is 6.14. The predicted molar refractivity (Wildman–Crippen MR) is 141 cm³/mol. The number of hydrogen-bond acceptors (Lipinski definition) is 5. The van der Waals surface area contributed by atoms with E-state index < -0.39 is 11.5 Å². The van der Waals surface area contributed by atoms with E-state index in [2.05, 4.69) is 20.8 Å². The summed E-state index contributed by atoms with van der Waals surface area (Å²) in [5.74, 6) is -0.289. The van der Waals surface area contributed by atoms with Gasteiger partial charge in [-0.3, -0.25) is 14.5 Å². The summed E-state index contributed by atoms with van der Waals surface area (Å²) in [6.07, 6.45) is 0.179. The minimum Gasteiger partial charge on any atom is -0.496 e. The van der Waals surface area contributed by atoms with Gasteiger partial charge in [0.1, 0.15) is 11.3 Å². The Morgan fingerprint density at radius 1 is 1.11 bits per heavy atom. The van der Waals surface area contributed by atoms with Crippen LogP contribution in [0.3, 0.4) is 0 Å². The molecule has 1 unspecified atom stereocenters. The van der Waals surface area contributed by atoms with Crippen LogP contribution in [0.15, 0.2) is 36.4 Å². The fourth-order valence-corrected chi connectivity index (χ4v) is 4.57. The average Bonchev–Trinajstić information content (AvgIpc) is 3.13. The monoisotopic (exact) mass is 494 g/mol. The molecule has 194 valence electrons. The van der Waals surface area contributed by atoms with Gasteiger partial charge < -0.3 is 14.4 Å². The van der Waals surface area contributed by atoms with Crippen molar-refractivity contribution in [3.63, 3.8) is 0 Å². The second kappa shape index (κ2) is 9.96. The summed E-state index contributed by atoms with van der Waals surface area (Å²) in [5, 5.41) is 0. The van der Waals surface area contributed by atoms with Gasteiger partial charge in [0.15, 0.2) is 0 Å². The molecule has 0 spiro atoms. The Labute approximate surface area is 214 Å². The lowest BCUT2D eigenvalue weighted by Gasteiger charge is -2.34. The third kappa shape index (κ3) is 4.97. The van der Waals surface area contributed by atoms with Gasteiger partial charge in [0.25, 0.3) is 11.8 Å². The van der Waals surface area contributed by atoms with Gasteiger partial charge in [0.05, 0.1) is 13.7 Å². The first kappa shape index (κ1) is 27.2. The molecule has 3 rings (SSSR count). The van der Waals surface area contributed by atoms with Crippen molar-refractivity contribution in [2.45, 2.75) is 58.9 Å². The summed E-state index contributed by atoms with van der Waals surface area (Å²) >= 11 is 0. The highest BCUT2D eigenvalue weighted by Gasteiger charge is 2.51. The molecule has 2 aromatic rings. The average molecular weight is 495 g/mol. The van der Waals surface area contributed by atoms with Crippen LogP contribution in [0.2, 0.25) is 0 Å². The van der Waals surface area contributed by atoms with Crippen LogP contribution in [0.4, 0.5) is 5.69 Å². The first-order chi connectivity index (χ1) is 16.7. The van der Waals surface area contributed by atoms with E-state index in [1.165, 1.54) is 9.80 Å². The molecule has 0 aliphatic carbocycles. The van der Waals surface area contributed by atoms with Crippen LogP contribution in [-0.2, 0) is 21.4 Å². The van der Waals surface area contributed by atoms with Gasteiger partial charge >= 0.3 is 5.97 Å². The van der Waals surface area contributed by atoms with Gasteiger partial charge in [-0.2, -0.15) is 0 Å². The molecule has 0 aromatic heterocycles. The maximum absolute atomic E-state index is 14.1. The smallest absolute Gasteiger partial charge is 0.332 e. The number of anilines is 1. The number of benzene rings is 2. The standard InChI is InChI=1S/C29H38N2O5/c1-18(2)17-36-27(34)29(6)16-21-20(26(33)30(7)8)11-10-12-23(21)31(29)25(32)19-13-14-22(28(3,4)5)24(15-19)35-9/h10-15,18H,16-17H2,1-9H3. The molecular weight excluding hydrogens is 456 g/mol. The van der Waals surface area contributed by atoms with Crippen molar-refractivity contribution in [3.8, 4) is 5.75 Å². The lowest BCUT2D eigenvalue weighted by Crippen LogP contribution is -2.54. The van der Waals surface area contributed by atoms with Crippen LogP contribution in [0.5, 0.6) is 5.75 Å². The summed E-state index contributed by atoms with van der Waals surface area (Å²) in [6, 6.07) is 10.6. The third-order valence-electron chi connectivity index (χ3n) is 6.49. The van der Waals surface area contributed by atoms with Crippen molar-refractivity contribution in [1.82, 2.24) is 4.90 Å². The number of methoxy groups -OCH3 is 1. The number of carbonyl (C=O) groups is 3. The minimum atomic E-state index is -1.31. The van der Waals surface area contributed by atoms with Gasteiger partial charge in [-0.25, -0.2) is 4.79 Å². The van der Waals surface area contributed by atoms with Gasteiger partial charge in [-0.15, -0.1) is 0 Å². The molecule has 0 bridgehead atoms. The van der Waals surface area contributed by atoms with Gasteiger partial charge in [0, 0.05) is 37.3 Å². The van der Waals surface area contributed by atoms with E-state index in [1.54, 1.807) is 58.5 Å². The Balaban J connectivity index is 2.16. The summed E-state index contributed by atoms with van der Waals surface area (Å²) in [6.45, 7) is 12.1. The zero-order chi connectivity index (χ0) is 27.0. The van der Waals surface area contributed by atoms with Crippen molar-refractivity contribution < 1.29 is 23.9 Å². The Hall–Kier alpha value is -3.35. The van der Waals surface area contributed by atoms with Crippen molar-refractivity contribution in [3.05, 3.63) is 58.7 Å². The first-order valence-corrected chi connectivity index (χ1v) is 12.3. The molecule has 1 atom stereocenters. The quantitative estimate of drug-likeness (QED) is 0.537. The SMILES string of the molecule is COc1cc(C(=O)N2c3cccc(C(=O)N(C)C)c3CC2(C)C(=O)OCC(C)C)ccc1C(C)(C)C. The minimum absolute atomic E-state index is 0.144. The zero-order valence-corrected chi connectivity index (χ0v) is 22.9. The van der Waals surface area contributed by atoms with Crippen LogP contribution < -0.4 is 9.64 Å². The van der Waals surface area contributed by atoms with Crippen molar-refractivity contribution in [2.24, 2.45) is 5.92 Å². The van der Waals surface area contributed by atoms with Crippen LogP contribution in [-0.4, -0.2) is 56.0 Å². The molecule has 0 N–H and O–H groups in total. The van der Waals surface area contributed by atoms with Crippen molar-refractivity contribution in [1.29, 1.82) is 0 Å². The Bertz CT molecular complexity index is 1180. The molecule has 1 aliphatic heterocycles. The second-order valence-electron chi connectivity index (χ2n) is 11.3. The molecule has 7 heteroatoms. The van der Waals surface area contributed by atoms with Gasteiger partial charge in [0.2, 0.25) is 0 Å². The number of hydrogen-bond donors (Lipinski definition) is 0. The summed E-state index contributed by atoms with van der Waals surface area (Å²) < 4.78 is 11.3. The van der Waals surface area contributed by atoms with Crippen LogP contribution >= 0.6 is 0 Å². The predicted octanol–water partition coefficient (Wildman–Crippen LogP) is 4.86. The van der Waals surface area contributed by atoms with Crippen LogP contribution in [0.1, 0.15) is 73.4 Å². The molecule has 7 nitrogen and oxygen atoms in total. The Morgan fingerprint density at radius 3 is 2.33 bits per heavy atom. The highest BCUT2D eigenvalue weighted by atomic mass is 16.5. The summed E-state index contributed by atoms with van der Waals surface area (Å²) in [5.41, 5.74) is 1.54. The van der Waals surface area contributed by atoms with Crippen LogP contribution in [0.25, 0.3) is 0 Å². The summed E-state index contributed by atoms with van der Waals surface area (Å²) in [7, 11) is 4.94. The van der Waals surface area contributed by atoms with Crippen molar-refractivity contribution in [2.75, 3.05) is 32.7 Å². The van der Waals surface area contributed by atoms with Crippen molar-refractivity contribution >= 4 is 23.5 Å². The molecule has 0 saturated heterocycles. The van der Waals surface area contributed by atoms with E-state index in [0.29, 0.717) is 28.1 Å². The van der Waals surface area contributed by atoms with E-state index in [4.69, 9.17) is 9.47 Å². The van der Waals surface area contributed by atoms with E-state index in [9.17, 15) is 14.4 Å². The number of rotatable bonds is 6.